The number of hydrogen-bond donors (Lipinski definition) is 0. The summed E-state index contributed by atoms with van der Waals surface area (Å²) in [5.41, 5.74) is 0. The highest BCUT2D eigenvalue weighted by Gasteiger charge is 2.40. The molecule has 0 saturated heterocycles. The van der Waals surface area contributed by atoms with Crippen molar-refractivity contribution in [1.29, 1.82) is 0 Å². The summed E-state index contributed by atoms with van der Waals surface area (Å²) < 4.78 is 75.1. The third-order valence-electron chi connectivity index (χ3n) is 1.33. The molecule has 0 unspecified atom stereocenters. The summed E-state index contributed by atoms with van der Waals surface area (Å²) >= 11 is 0. The molecule has 0 atom stereocenters. The maximum absolute atomic E-state index is 12.0. The second-order valence-electron chi connectivity index (χ2n) is 2.75. The van der Waals surface area contributed by atoms with E-state index in [-0.39, 0.29) is 13.0 Å². The molecular formula is C8H10F6O. The number of unbranched alkanes of at least 4 members (excludes halogenated alkanes) is 1. The summed E-state index contributed by atoms with van der Waals surface area (Å²) in [5.74, 6) is -2.00. The third kappa shape index (κ3) is 7.10. The van der Waals surface area contributed by atoms with Crippen LogP contribution in [0.5, 0.6) is 0 Å². The maximum Gasteiger partial charge on any atom is 0.448 e. The molecule has 0 aromatic heterocycles. The van der Waals surface area contributed by atoms with Crippen molar-refractivity contribution in [3.05, 3.63) is 11.8 Å². The first kappa shape index (κ1) is 14.1. The molecular weight excluding hydrogens is 226 g/mol. The molecule has 0 aliphatic carbocycles. The molecule has 0 amide bonds. The van der Waals surface area contributed by atoms with Crippen LogP contribution in [-0.2, 0) is 4.74 Å². The van der Waals surface area contributed by atoms with Crippen LogP contribution in [0, 0.1) is 0 Å². The molecule has 0 aromatic carbocycles. The Hall–Kier alpha value is -0.880. The van der Waals surface area contributed by atoms with E-state index < -0.39 is 24.2 Å². The zero-order chi connectivity index (χ0) is 12.1. The molecule has 0 saturated carbocycles. The minimum absolute atomic E-state index is 0.269. The topological polar surface area (TPSA) is 9.23 Å². The van der Waals surface area contributed by atoms with Gasteiger partial charge in [0.1, 0.15) is 0 Å². The van der Waals surface area contributed by atoms with Gasteiger partial charge in [-0.3, -0.25) is 0 Å². The average Bonchev–Trinajstić information content (AvgIpc) is 1.99. The van der Waals surface area contributed by atoms with Crippen molar-refractivity contribution in [2.75, 3.05) is 6.61 Å². The van der Waals surface area contributed by atoms with Crippen molar-refractivity contribution in [3.63, 3.8) is 0 Å². The van der Waals surface area contributed by atoms with E-state index in [4.69, 9.17) is 0 Å². The fourth-order valence-corrected chi connectivity index (χ4v) is 0.680. The Morgan fingerprint density at radius 2 is 1.67 bits per heavy atom. The second kappa shape index (κ2) is 5.27. The van der Waals surface area contributed by atoms with Crippen LogP contribution >= 0.6 is 0 Å². The van der Waals surface area contributed by atoms with Gasteiger partial charge in [0.2, 0.25) is 5.76 Å². The Morgan fingerprint density at radius 1 is 1.13 bits per heavy atom. The van der Waals surface area contributed by atoms with Gasteiger partial charge in [-0.2, -0.15) is 26.3 Å². The van der Waals surface area contributed by atoms with Gasteiger partial charge in [0.25, 0.3) is 0 Å². The lowest BCUT2D eigenvalue weighted by Crippen LogP contribution is -2.19. The van der Waals surface area contributed by atoms with Crippen LogP contribution in [0.4, 0.5) is 26.3 Å². The van der Waals surface area contributed by atoms with E-state index in [1.165, 1.54) is 0 Å². The summed E-state index contributed by atoms with van der Waals surface area (Å²) in [4.78, 5) is 0. The van der Waals surface area contributed by atoms with E-state index >= 15 is 0 Å². The first-order chi connectivity index (χ1) is 6.67. The highest BCUT2D eigenvalue weighted by Crippen LogP contribution is 2.30. The Bertz CT molecular complexity index is 214. The molecule has 0 aliphatic rings. The number of ether oxygens (including phenoxy) is 1. The highest BCUT2D eigenvalue weighted by molar-refractivity contribution is 5.04. The van der Waals surface area contributed by atoms with Gasteiger partial charge < -0.3 is 4.74 Å². The molecule has 0 N–H and O–H groups in total. The summed E-state index contributed by atoms with van der Waals surface area (Å²) in [7, 11) is 0. The molecule has 0 fully saturated rings. The Balaban J connectivity index is 4.54. The summed E-state index contributed by atoms with van der Waals surface area (Å²) in [6.45, 7) is 1.31. The van der Waals surface area contributed by atoms with E-state index in [1.807, 2.05) is 0 Å². The lowest BCUT2D eigenvalue weighted by atomic mass is 10.3. The summed E-state index contributed by atoms with van der Waals surface area (Å²) in [5, 5.41) is 0. The van der Waals surface area contributed by atoms with E-state index in [0.717, 1.165) is 0 Å². The molecule has 0 aliphatic heterocycles. The van der Waals surface area contributed by atoms with E-state index in [9.17, 15) is 26.3 Å². The lowest BCUT2D eigenvalue weighted by Gasteiger charge is -2.14. The Labute approximate surface area is 82.7 Å². The van der Waals surface area contributed by atoms with Crippen LogP contribution in [-0.4, -0.2) is 19.0 Å². The number of allylic oxidation sites excluding steroid dienone is 2. The molecule has 0 aromatic rings. The normalized spacial score (nSPS) is 14.2. The van der Waals surface area contributed by atoms with Crippen LogP contribution in [0.25, 0.3) is 0 Å². The van der Waals surface area contributed by atoms with Gasteiger partial charge in [0, 0.05) is 0 Å². The number of halogens is 6. The zero-order valence-electron chi connectivity index (χ0n) is 7.87. The highest BCUT2D eigenvalue weighted by atomic mass is 19.4. The molecule has 15 heavy (non-hydrogen) atoms. The van der Waals surface area contributed by atoms with Crippen LogP contribution in [0.1, 0.15) is 19.8 Å². The Kier molecular flexibility index (Phi) is 4.96. The van der Waals surface area contributed by atoms with Gasteiger partial charge in [-0.25, -0.2) is 0 Å². The molecule has 0 rings (SSSR count). The summed E-state index contributed by atoms with van der Waals surface area (Å²) in [6, 6.07) is 0. The van der Waals surface area contributed by atoms with Gasteiger partial charge in [0.05, 0.1) is 12.7 Å². The van der Waals surface area contributed by atoms with Crippen molar-refractivity contribution < 1.29 is 31.1 Å². The first-order valence-corrected chi connectivity index (χ1v) is 4.16. The smallest absolute Gasteiger partial charge is 0.448 e. The number of alkyl halides is 6. The van der Waals surface area contributed by atoms with Gasteiger partial charge in [0.15, 0.2) is 0 Å². The monoisotopic (exact) mass is 236 g/mol. The standard InChI is InChI=1S/C8H10F6O/c1-2-3-4-15-6(8(12,13)14)5-7(9,10)11/h5H,2-4H2,1H3/b6-5+. The molecule has 90 valence electrons. The van der Waals surface area contributed by atoms with Crippen LogP contribution in [0.2, 0.25) is 0 Å². The predicted octanol–water partition coefficient (Wildman–Crippen LogP) is 3.81. The number of hydrogen-bond acceptors (Lipinski definition) is 1. The minimum Gasteiger partial charge on any atom is -0.489 e. The number of rotatable bonds is 4. The fraction of sp³-hybridized carbons (Fsp3) is 0.750. The molecule has 7 heteroatoms. The zero-order valence-corrected chi connectivity index (χ0v) is 7.87. The predicted molar refractivity (Wildman–Crippen MR) is 41.1 cm³/mol. The molecule has 0 spiro atoms. The largest absolute Gasteiger partial charge is 0.489 e. The quantitative estimate of drug-likeness (QED) is 0.409. The van der Waals surface area contributed by atoms with Crippen molar-refractivity contribution in [1.82, 2.24) is 0 Å². The van der Waals surface area contributed by atoms with Crippen LogP contribution in [0.15, 0.2) is 11.8 Å². The molecule has 1 nitrogen and oxygen atoms in total. The molecule has 0 bridgehead atoms. The van der Waals surface area contributed by atoms with Gasteiger partial charge in [-0.05, 0) is 6.42 Å². The third-order valence-corrected chi connectivity index (χ3v) is 1.33. The molecule has 0 heterocycles. The van der Waals surface area contributed by atoms with E-state index in [2.05, 4.69) is 4.74 Å². The SMILES string of the molecule is CCCCO/C(=C/C(F)(F)F)C(F)(F)F. The summed E-state index contributed by atoms with van der Waals surface area (Å²) in [6.07, 6.45) is -10.2. The van der Waals surface area contributed by atoms with Crippen LogP contribution < -0.4 is 0 Å². The van der Waals surface area contributed by atoms with Crippen molar-refractivity contribution in [2.24, 2.45) is 0 Å². The minimum atomic E-state index is -5.11. The average molecular weight is 236 g/mol. The Morgan fingerprint density at radius 3 is 2.00 bits per heavy atom. The lowest BCUT2D eigenvalue weighted by molar-refractivity contribution is -0.141. The van der Waals surface area contributed by atoms with Crippen molar-refractivity contribution in [3.8, 4) is 0 Å². The maximum atomic E-state index is 12.0. The van der Waals surface area contributed by atoms with Gasteiger partial charge >= 0.3 is 12.4 Å². The molecule has 0 radical (unpaired) electrons. The van der Waals surface area contributed by atoms with Crippen molar-refractivity contribution >= 4 is 0 Å². The van der Waals surface area contributed by atoms with Crippen molar-refractivity contribution in [2.45, 2.75) is 32.1 Å². The van der Waals surface area contributed by atoms with E-state index in [0.29, 0.717) is 6.42 Å². The fourth-order valence-electron chi connectivity index (χ4n) is 0.680. The van der Waals surface area contributed by atoms with Gasteiger partial charge in [-0.1, -0.05) is 13.3 Å². The van der Waals surface area contributed by atoms with Crippen LogP contribution in [0.3, 0.4) is 0 Å². The van der Waals surface area contributed by atoms with E-state index in [1.54, 1.807) is 6.92 Å². The van der Waals surface area contributed by atoms with Gasteiger partial charge in [-0.15, -0.1) is 0 Å². The first-order valence-electron chi connectivity index (χ1n) is 4.16. The second-order valence-corrected chi connectivity index (χ2v) is 2.75.